The highest BCUT2D eigenvalue weighted by atomic mass is 16.5. The summed E-state index contributed by atoms with van der Waals surface area (Å²) in [7, 11) is 0. The van der Waals surface area contributed by atoms with E-state index in [1.165, 1.54) is 0 Å². The fraction of sp³-hybridized carbons (Fsp3) is 0.222. The smallest absolute Gasteiger partial charge is 0.341 e. The van der Waals surface area contributed by atoms with E-state index in [0.717, 1.165) is 5.56 Å². The highest BCUT2D eigenvalue weighted by Crippen LogP contribution is 2.22. The van der Waals surface area contributed by atoms with Gasteiger partial charge in [-0.1, -0.05) is 37.3 Å². The predicted molar refractivity (Wildman–Crippen MR) is 87.7 cm³/mol. The molecule has 0 aliphatic carbocycles. The van der Waals surface area contributed by atoms with Gasteiger partial charge in [0.2, 0.25) is 5.91 Å². The minimum atomic E-state index is -1.03. The van der Waals surface area contributed by atoms with E-state index in [0.29, 0.717) is 17.9 Å². The number of nitrogens with one attached hydrogen (secondary N) is 1. The van der Waals surface area contributed by atoms with Gasteiger partial charge in [0.05, 0.1) is 5.92 Å². The fourth-order valence-electron chi connectivity index (χ4n) is 2.27. The Kier molecular flexibility index (Phi) is 5.74. The van der Waals surface area contributed by atoms with Crippen molar-refractivity contribution in [3.63, 3.8) is 0 Å². The van der Waals surface area contributed by atoms with Gasteiger partial charge in [-0.15, -0.1) is 0 Å². The van der Waals surface area contributed by atoms with Crippen molar-refractivity contribution in [3.05, 3.63) is 60.2 Å². The average molecular weight is 313 g/mol. The summed E-state index contributed by atoms with van der Waals surface area (Å²) in [6.45, 7) is 1.58. The van der Waals surface area contributed by atoms with Crippen molar-refractivity contribution in [3.8, 4) is 5.75 Å². The summed E-state index contributed by atoms with van der Waals surface area (Å²) in [5.74, 6) is -0.867. The molecule has 2 rings (SSSR count). The molecule has 2 N–H and O–H groups in total. The molecule has 23 heavy (non-hydrogen) atoms. The molecule has 0 saturated heterocycles. The van der Waals surface area contributed by atoms with Crippen LogP contribution < -0.4 is 10.1 Å². The molecular formula is C18H19NO4. The van der Waals surface area contributed by atoms with Crippen LogP contribution in [0.15, 0.2) is 54.6 Å². The number of hydrogen-bond donors (Lipinski definition) is 2. The third-order valence-corrected chi connectivity index (χ3v) is 3.41. The first-order chi connectivity index (χ1) is 11.1. The molecule has 5 heteroatoms. The van der Waals surface area contributed by atoms with E-state index in [9.17, 15) is 9.59 Å². The summed E-state index contributed by atoms with van der Waals surface area (Å²) < 4.78 is 5.05. The molecule has 2 aromatic carbocycles. The van der Waals surface area contributed by atoms with Crippen molar-refractivity contribution < 1.29 is 19.4 Å². The molecule has 1 amide bonds. The Balaban J connectivity index is 2.00. The van der Waals surface area contributed by atoms with Gasteiger partial charge in [0.1, 0.15) is 5.75 Å². The van der Waals surface area contributed by atoms with Gasteiger partial charge in [0, 0.05) is 5.69 Å². The zero-order chi connectivity index (χ0) is 16.7. The molecule has 1 atom stereocenters. The van der Waals surface area contributed by atoms with Gasteiger partial charge in [0.25, 0.3) is 0 Å². The van der Waals surface area contributed by atoms with E-state index in [-0.39, 0.29) is 11.8 Å². The van der Waals surface area contributed by atoms with Crippen LogP contribution in [0.5, 0.6) is 5.75 Å². The van der Waals surface area contributed by atoms with Gasteiger partial charge >= 0.3 is 5.97 Å². The number of hydrogen-bond acceptors (Lipinski definition) is 3. The number of rotatable bonds is 7. The Labute approximate surface area is 134 Å². The summed E-state index contributed by atoms with van der Waals surface area (Å²) in [5, 5.41) is 11.4. The number of carboxylic acids is 1. The van der Waals surface area contributed by atoms with E-state index in [1.54, 1.807) is 24.3 Å². The number of carboxylic acid groups (broad SMARTS) is 1. The molecular weight excluding hydrogens is 294 g/mol. The third-order valence-electron chi connectivity index (χ3n) is 3.41. The monoisotopic (exact) mass is 313 g/mol. The molecule has 0 aliphatic heterocycles. The van der Waals surface area contributed by atoms with Gasteiger partial charge in [-0.2, -0.15) is 0 Å². The fourth-order valence-corrected chi connectivity index (χ4v) is 2.27. The van der Waals surface area contributed by atoms with E-state index in [2.05, 4.69) is 5.32 Å². The van der Waals surface area contributed by atoms with E-state index >= 15 is 0 Å². The largest absolute Gasteiger partial charge is 0.482 e. The van der Waals surface area contributed by atoms with Crippen molar-refractivity contribution in [1.29, 1.82) is 0 Å². The van der Waals surface area contributed by atoms with Crippen LogP contribution in [0.1, 0.15) is 24.8 Å². The zero-order valence-electron chi connectivity index (χ0n) is 12.9. The standard InChI is InChI=1S/C18H19NO4/c1-2-16(13-6-4-3-5-7-13)18(22)19-14-8-10-15(11-9-14)23-12-17(20)21/h3-11,16H,2,12H2,1H3,(H,19,22)(H,20,21). The second kappa shape index (κ2) is 7.98. The molecule has 0 heterocycles. The number of carbonyl (C=O) groups is 2. The van der Waals surface area contributed by atoms with Gasteiger partial charge in [-0.05, 0) is 36.2 Å². The first-order valence-electron chi connectivity index (χ1n) is 7.40. The molecule has 1 unspecified atom stereocenters. The maximum absolute atomic E-state index is 12.4. The summed E-state index contributed by atoms with van der Waals surface area (Å²) in [6, 6.07) is 16.3. The second-order valence-corrected chi connectivity index (χ2v) is 5.07. The normalized spacial score (nSPS) is 11.5. The number of anilines is 1. The number of aliphatic carboxylic acids is 1. The highest BCUT2D eigenvalue weighted by Gasteiger charge is 2.18. The predicted octanol–water partition coefficient (Wildman–Crippen LogP) is 3.28. The van der Waals surface area contributed by atoms with E-state index in [4.69, 9.17) is 9.84 Å². The number of ether oxygens (including phenoxy) is 1. The summed E-state index contributed by atoms with van der Waals surface area (Å²) in [4.78, 5) is 22.9. The zero-order valence-corrected chi connectivity index (χ0v) is 12.9. The Morgan fingerprint density at radius 3 is 2.30 bits per heavy atom. The summed E-state index contributed by atoms with van der Waals surface area (Å²) >= 11 is 0. The number of amides is 1. The highest BCUT2D eigenvalue weighted by molar-refractivity contribution is 5.95. The lowest BCUT2D eigenvalue weighted by atomic mass is 9.95. The molecule has 120 valence electrons. The second-order valence-electron chi connectivity index (χ2n) is 5.07. The molecule has 0 aromatic heterocycles. The van der Waals surface area contributed by atoms with Crippen LogP contribution in [0.4, 0.5) is 5.69 Å². The van der Waals surface area contributed by atoms with Gasteiger partial charge in [0.15, 0.2) is 6.61 Å². The molecule has 0 aliphatic rings. The van der Waals surface area contributed by atoms with Crippen LogP contribution in [0.2, 0.25) is 0 Å². The number of benzene rings is 2. The van der Waals surface area contributed by atoms with Crippen molar-refractivity contribution in [2.45, 2.75) is 19.3 Å². The first kappa shape index (κ1) is 16.5. The van der Waals surface area contributed by atoms with E-state index in [1.807, 2.05) is 37.3 Å². The molecule has 0 bridgehead atoms. The Bertz CT molecular complexity index is 652. The van der Waals surface area contributed by atoms with Gasteiger partial charge < -0.3 is 15.2 Å². The van der Waals surface area contributed by atoms with Crippen molar-refractivity contribution in [2.24, 2.45) is 0 Å². The third kappa shape index (κ3) is 4.85. The summed E-state index contributed by atoms with van der Waals surface area (Å²) in [5.41, 5.74) is 1.63. The van der Waals surface area contributed by atoms with Crippen LogP contribution >= 0.6 is 0 Å². The Morgan fingerprint density at radius 2 is 1.74 bits per heavy atom. The maximum Gasteiger partial charge on any atom is 0.341 e. The quantitative estimate of drug-likeness (QED) is 0.822. The first-order valence-corrected chi connectivity index (χ1v) is 7.40. The molecule has 2 aromatic rings. The van der Waals surface area contributed by atoms with Crippen molar-refractivity contribution in [2.75, 3.05) is 11.9 Å². The molecule has 0 saturated carbocycles. The van der Waals surface area contributed by atoms with Crippen LogP contribution in [-0.4, -0.2) is 23.6 Å². The average Bonchev–Trinajstić information content (AvgIpc) is 2.56. The SMILES string of the molecule is CCC(C(=O)Nc1ccc(OCC(=O)O)cc1)c1ccccc1. The van der Waals surface area contributed by atoms with Gasteiger partial charge in [-0.25, -0.2) is 4.79 Å². The minimum absolute atomic E-state index is 0.0714. The minimum Gasteiger partial charge on any atom is -0.482 e. The van der Waals surface area contributed by atoms with Crippen LogP contribution in [0.3, 0.4) is 0 Å². The van der Waals surface area contributed by atoms with Crippen LogP contribution in [0, 0.1) is 0 Å². The van der Waals surface area contributed by atoms with Gasteiger partial charge in [-0.3, -0.25) is 4.79 Å². The topological polar surface area (TPSA) is 75.6 Å². The maximum atomic E-state index is 12.4. The number of carbonyl (C=O) groups excluding carboxylic acids is 1. The van der Waals surface area contributed by atoms with Crippen LogP contribution in [0.25, 0.3) is 0 Å². The lowest BCUT2D eigenvalue weighted by Crippen LogP contribution is -2.20. The molecule has 0 fully saturated rings. The molecule has 5 nitrogen and oxygen atoms in total. The lowest BCUT2D eigenvalue weighted by molar-refractivity contribution is -0.139. The van der Waals surface area contributed by atoms with Crippen LogP contribution in [-0.2, 0) is 9.59 Å². The Hall–Kier alpha value is -2.82. The lowest BCUT2D eigenvalue weighted by Gasteiger charge is -2.15. The molecule has 0 spiro atoms. The Morgan fingerprint density at radius 1 is 1.09 bits per heavy atom. The summed E-state index contributed by atoms with van der Waals surface area (Å²) in [6.07, 6.45) is 0.704. The van der Waals surface area contributed by atoms with Crippen molar-refractivity contribution >= 4 is 17.6 Å². The molecule has 0 radical (unpaired) electrons. The van der Waals surface area contributed by atoms with E-state index < -0.39 is 12.6 Å². The van der Waals surface area contributed by atoms with Crippen molar-refractivity contribution in [1.82, 2.24) is 0 Å².